The van der Waals surface area contributed by atoms with Crippen molar-refractivity contribution in [3.8, 4) is 22.5 Å². The second-order valence-corrected chi connectivity index (χ2v) is 5.49. The Labute approximate surface area is 138 Å². The largest absolute Gasteiger partial charge is 0.256 e. The molecule has 0 aliphatic heterocycles. The van der Waals surface area contributed by atoms with Crippen LogP contribution in [0.25, 0.3) is 33.4 Å². The van der Waals surface area contributed by atoms with E-state index in [2.05, 4.69) is 15.0 Å². The van der Waals surface area contributed by atoms with Gasteiger partial charge in [0.1, 0.15) is 0 Å². The van der Waals surface area contributed by atoms with Crippen molar-refractivity contribution in [1.82, 2.24) is 15.0 Å². The molecule has 0 amide bonds. The third kappa shape index (κ3) is 2.67. The number of nitrogens with zero attached hydrogens (tertiary/aromatic N) is 3. The number of para-hydroxylation sites is 1. The van der Waals surface area contributed by atoms with Crippen molar-refractivity contribution in [3.05, 3.63) is 78.2 Å². The molecule has 0 bridgehead atoms. The van der Waals surface area contributed by atoms with Crippen molar-refractivity contribution < 1.29 is 0 Å². The molecule has 0 aliphatic carbocycles. The van der Waals surface area contributed by atoms with E-state index < -0.39 is 0 Å². The molecular formula is C19H12ClN3. The zero-order valence-electron chi connectivity index (χ0n) is 12.1. The zero-order chi connectivity index (χ0) is 15.6. The molecule has 4 rings (SSSR count). The normalized spacial score (nSPS) is 10.8. The lowest BCUT2D eigenvalue weighted by atomic mass is 10.0. The summed E-state index contributed by atoms with van der Waals surface area (Å²) in [6.07, 6.45) is 1.79. The predicted octanol–water partition coefficient (Wildman–Crippen LogP) is 5.01. The highest BCUT2D eigenvalue weighted by atomic mass is 35.5. The summed E-state index contributed by atoms with van der Waals surface area (Å²) < 4.78 is 0. The maximum Gasteiger partial charge on any atom is 0.223 e. The standard InChI is InChI=1S/C19H12ClN3/c20-19-22-17-7-2-1-5-15(17)18(23-19)14-10-8-13(9-11-14)16-6-3-4-12-21-16/h1-12H. The Morgan fingerprint density at radius 3 is 2.22 bits per heavy atom. The number of rotatable bonds is 2. The first-order valence-electron chi connectivity index (χ1n) is 7.25. The minimum Gasteiger partial charge on any atom is -0.256 e. The number of aromatic nitrogens is 3. The van der Waals surface area contributed by atoms with Crippen LogP contribution in [0.5, 0.6) is 0 Å². The van der Waals surface area contributed by atoms with E-state index in [1.807, 2.05) is 66.7 Å². The van der Waals surface area contributed by atoms with Gasteiger partial charge in [-0.2, -0.15) is 0 Å². The van der Waals surface area contributed by atoms with Crippen LogP contribution < -0.4 is 0 Å². The van der Waals surface area contributed by atoms with Crippen LogP contribution in [0.4, 0.5) is 0 Å². The maximum absolute atomic E-state index is 6.07. The third-order valence-corrected chi connectivity index (χ3v) is 3.86. The second kappa shape index (κ2) is 5.78. The van der Waals surface area contributed by atoms with Gasteiger partial charge < -0.3 is 0 Å². The molecule has 4 aromatic rings. The van der Waals surface area contributed by atoms with Gasteiger partial charge in [0, 0.05) is 22.7 Å². The van der Waals surface area contributed by atoms with Gasteiger partial charge in [-0.05, 0) is 29.8 Å². The number of fused-ring (bicyclic) bond motifs is 1. The average Bonchev–Trinajstić information content (AvgIpc) is 2.62. The molecule has 0 spiro atoms. The molecule has 110 valence electrons. The van der Waals surface area contributed by atoms with Gasteiger partial charge >= 0.3 is 0 Å². The molecule has 0 fully saturated rings. The second-order valence-electron chi connectivity index (χ2n) is 5.15. The minimum atomic E-state index is 0.257. The first-order valence-corrected chi connectivity index (χ1v) is 7.63. The lowest BCUT2D eigenvalue weighted by Crippen LogP contribution is -1.91. The van der Waals surface area contributed by atoms with E-state index in [1.165, 1.54) is 0 Å². The lowest BCUT2D eigenvalue weighted by Gasteiger charge is -2.07. The first-order chi connectivity index (χ1) is 11.3. The van der Waals surface area contributed by atoms with Crippen LogP contribution in [0.2, 0.25) is 5.28 Å². The number of hydrogen-bond donors (Lipinski definition) is 0. The average molecular weight is 318 g/mol. The van der Waals surface area contributed by atoms with Gasteiger partial charge in [0.2, 0.25) is 5.28 Å². The van der Waals surface area contributed by atoms with Gasteiger partial charge in [-0.15, -0.1) is 0 Å². The highest BCUT2D eigenvalue weighted by Gasteiger charge is 2.09. The topological polar surface area (TPSA) is 38.7 Å². The van der Waals surface area contributed by atoms with E-state index in [1.54, 1.807) is 6.20 Å². The summed E-state index contributed by atoms with van der Waals surface area (Å²) in [5.41, 5.74) is 4.71. The molecule has 0 aliphatic rings. The molecule has 2 aromatic carbocycles. The summed E-state index contributed by atoms with van der Waals surface area (Å²) in [4.78, 5) is 13.1. The van der Waals surface area contributed by atoms with Crippen molar-refractivity contribution in [2.24, 2.45) is 0 Å². The van der Waals surface area contributed by atoms with Crippen LogP contribution in [0.15, 0.2) is 72.9 Å². The fourth-order valence-corrected chi connectivity index (χ4v) is 2.78. The molecular weight excluding hydrogens is 306 g/mol. The Morgan fingerprint density at radius 2 is 1.43 bits per heavy atom. The quantitative estimate of drug-likeness (QED) is 0.488. The van der Waals surface area contributed by atoms with Crippen molar-refractivity contribution in [3.63, 3.8) is 0 Å². The molecule has 0 saturated heterocycles. The highest BCUT2D eigenvalue weighted by Crippen LogP contribution is 2.28. The molecule has 0 atom stereocenters. The highest BCUT2D eigenvalue weighted by molar-refractivity contribution is 6.28. The van der Waals surface area contributed by atoms with Gasteiger partial charge in [-0.3, -0.25) is 4.98 Å². The predicted molar refractivity (Wildman–Crippen MR) is 93.2 cm³/mol. The van der Waals surface area contributed by atoms with E-state index in [0.29, 0.717) is 0 Å². The Hall–Kier alpha value is -2.78. The zero-order valence-corrected chi connectivity index (χ0v) is 12.9. The van der Waals surface area contributed by atoms with Crippen molar-refractivity contribution >= 4 is 22.5 Å². The first kappa shape index (κ1) is 13.9. The fourth-order valence-electron chi connectivity index (χ4n) is 2.60. The van der Waals surface area contributed by atoms with Gasteiger partial charge in [0.05, 0.1) is 16.9 Å². The Bertz CT molecular complexity index is 967. The fraction of sp³-hybridized carbons (Fsp3) is 0. The van der Waals surface area contributed by atoms with Gasteiger partial charge in [0.25, 0.3) is 0 Å². The Kier molecular flexibility index (Phi) is 3.48. The van der Waals surface area contributed by atoms with Crippen LogP contribution in [0.1, 0.15) is 0 Å². The lowest BCUT2D eigenvalue weighted by molar-refractivity contribution is 1.22. The van der Waals surface area contributed by atoms with Crippen LogP contribution in [-0.4, -0.2) is 15.0 Å². The molecule has 2 aromatic heterocycles. The van der Waals surface area contributed by atoms with Gasteiger partial charge in [-0.1, -0.05) is 48.5 Å². The molecule has 4 heteroatoms. The van der Waals surface area contributed by atoms with Crippen molar-refractivity contribution in [1.29, 1.82) is 0 Å². The van der Waals surface area contributed by atoms with Crippen LogP contribution in [0.3, 0.4) is 0 Å². The summed E-state index contributed by atoms with van der Waals surface area (Å²) in [7, 11) is 0. The Morgan fingerprint density at radius 1 is 0.696 bits per heavy atom. The number of hydrogen-bond acceptors (Lipinski definition) is 3. The maximum atomic E-state index is 6.07. The monoisotopic (exact) mass is 317 g/mol. The Balaban J connectivity index is 1.83. The van der Waals surface area contributed by atoms with Crippen molar-refractivity contribution in [2.75, 3.05) is 0 Å². The van der Waals surface area contributed by atoms with Crippen LogP contribution >= 0.6 is 11.6 Å². The minimum absolute atomic E-state index is 0.257. The summed E-state index contributed by atoms with van der Waals surface area (Å²) in [5.74, 6) is 0. The smallest absolute Gasteiger partial charge is 0.223 e. The van der Waals surface area contributed by atoms with Crippen molar-refractivity contribution in [2.45, 2.75) is 0 Å². The third-order valence-electron chi connectivity index (χ3n) is 3.69. The van der Waals surface area contributed by atoms with E-state index in [0.717, 1.165) is 33.4 Å². The summed E-state index contributed by atoms with van der Waals surface area (Å²) in [6.45, 7) is 0. The molecule has 0 saturated carbocycles. The number of halogens is 1. The van der Waals surface area contributed by atoms with E-state index in [4.69, 9.17) is 11.6 Å². The number of pyridine rings is 1. The molecule has 3 nitrogen and oxygen atoms in total. The van der Waals surface area contributed by atoms with E-state index in [-0.39, 0.29) is 5.28 Å². The molecule has 0 radical (unpaired) electrons. The molecule has 23 heavy (non-hydrogen) atoms. The van der Waals surface area contributed by atoms with Crippen LogP contribution in [-0.2, 0) is 0 Å². The summed E-state index contributed by atoms with van der Waals surface area (Å²) in [5, 5.41) is 1.25. The van der Waals surface area contributed by atoms with Gasteiger partial charge in [0.15, 0.2) is 0 Å². The molecule has 0 N–H and O–H groups in total. The van der Waals surface area contributed by atoms with Crippen LogP contribution in [0, 0.1) is 0 Å². The number of benzene rings is 2. The molecule has 0 unspecified atom stereocenters. The SMILES string of the molecule is Clc1nc(-c2ccc(-c3ccccn3)cc2)c2ccccc2n1. The van der Waals surface area contributed by atoms with E-state index in [9.17, 15) is 0 Å². The summed E-state index contributed by atoms with van der Waals surface area (Å²) >= 11 is 6.07. The van der Waals surface area contributed by atoms with Gasteiger partial charge in [-0.25, -0.2) is 9.97 Å². The molecule has 2 heterocycles. The summed E-state index contributed by atoms with van der Waals surface area (Å²) in [6, 6.07) is 21.9. The van der Waals surface area contributed by atoms with E-state index >= 15 is 0 Å².